The summed E-state index contributed by atoms with van der Waals surface area (Å²) in [6.07, 6.45) is 1.34. The van der Waals surface area contributed by atoms with Crippen molar-refractivity contribution in [2.75, 3.05) is 18.0 Å². The number of aryl methyl sites for hydroxylation is 1. The molecule has 0 spiro atoms. The Morgan fingerprint density at radius 2 is 2.24 bits per heavy atom. The Kier molecular flexibility index (Phi) is 3.33. The van der Waals surface area contributed by atoms with E-state index in [2.05, 4.69) is 0 Å². The second kappa shape index (κ2) is 4.75. The SMILES string of the molecule is Cc1ccc(N2CCCC(O)C2)c(C(=O)O)c1. The summed E-state index contributed by atoms with van der Waals surface area (Å²) >= 11 is 0. The van der Waals surface area contributed by atoms with Gasteiger partial charge in [0, 0.05) is 13.1 Å². The first-order valence-electron chi connectivity index (χ1n) is 5.85. The average molecular weight is 235 g/mol. The van der Waals surface area contributed by atoms with Gasteiger partial charge in [-0.15, -0.1) is 0 Å². The first-order valence-corrected chi connectivity index (χ1v) is 5.85. The molecule has 0 saturated carbocycles. The van der Waals surface area contributed by atoms with E-state index < -0.39 is 5.97 Å². The predicted octanol–water partition coefficient (Wildman–Crippen LogP) is 1.65. The molecule has 92 valence electrons. The minimum atomic E-state index is -0.913. The number of aliphatic hydroxyl groups excluding tert-OH is 1. The van der Waals surface area contributed by atoms with Crippen LogP contribution in [0.25, 0.3) is 0 Å². The third kappa shape index (κ3) is 2.58. The normalized spacial score (nSPS) is 20.4. The van der Waals surface area contributed by atoms with E-state index in [1.54, 1.807) is 6.07 Å². The van der Waals surface area contributed by atoms with Crippen molar-refractivity contribution in [3.8, 4) is 0 Å². The van der Waals surface area contributed by atoms with Gasteiger partial charge in [-0.25, -0.2) is 4.79 Å². The van der Waals surface area contributed by atoms with Crippen LogP contribution in [0.3, 0.4) is 0 Å². The van der Waals surface area contributed by atoms with Crippen LogP contribution < -0.4 is 4.90 Å². The molecule has 1 fully saturated rings. The van der Waals surface area contributed by atoms with E-state index in [-0.39, 0.29) is 6.10 Å². The smallest absolute Gasteiger partial charge is 0.337 e. The van der Waals surface area contributed by atoms with Crippen molar-refractivity contribution in [2.45, 2.75) is 25.9 Å². The fourth-order valence-electron chi connectivity index (χ4n) is 2.27. The zero-order valence-corrected chi connectivity index (χ0v) is 9.89. The lowest BCUT2D eigenvalue weighted by Crippen LogP contribution is -2.39. The summed E-state index contributed by atoms with van der Waals surface area (Å²) in [6.45, 7) is 3.20. The Hall–Kier alpha value is -1.55. The molecule has 4 nitrogen and oxygen atoms in total. The van der Waals surface area contributed by atoms with Gasteiger partial charge in [-0.3, -0.25) is 0 Å². The number of β-amino-alcohol motifs (C(OH)–C–C–N with tert-alkyl or cyclic N) is 1. The summed E-state index contributed by atoms with van der Waals surface area (Å²) in [4.78, 5) is 13.2. The van der Waals surface area contributed by atoms with E-state index in [0.717, 1.165) is 24.9 Å². The second-order valence-electron chi connectivity index (χ2n) is 4.57. The number of carboxylic acid groups (broad SMARTS) is 1. The van der Waals surface area contributed by atoms with Gasteiger partial charge in [0.1, 0.15) is 0 Å². The summed E-state index contributed by atoms with van der Waals surface area (Å²) in [6, 6.07) is 5.41. The molecule has 1 heterocycles. The maximum Gasteiger partial charge on any atom is 0.337 e. The zero-order chi connectivity index (χ0) is 12.4. The number of rotatable bonds is 2. The fourth-order valence-corrected chi connectivity index (χ4v) is 2.27. The Morgan fingerprint density at radius 1 is 1.47 bits per heavy atom. The molecule has 4 heteroatoms. The highest BCUT2D eigenvalue weighted by Gasteiger charge is 2.22. The van der Waals surface area contributed by atoms with Gasteiger partial charge in [-0.1, -0.05) is 11.6 Å². The largest absolute Gasteiger partial charge is 0.478 e. The fraction of sp³-hybridized carbons (Fsp3) is 0.462. The van der Waals surface area contributed by atoms with Crippen molar-refractivity contribution in [2.24, 2.45) is 0 Å². The summed E-state index contributed by atoms with van der Waals surface area (Å²) in [5.41, 5.74) is 1.96. The third-order valence-corrected chi connectivity index (χ3v) is 3.12. The van der Waals surface area contributed by atoms with Crippen LogP contribution in [0.1, 0.15) is 28.8 Å². The molecule has 1 atom stereocenters. The maximum absolute atomic E-state index is 11.2. The molecule has 0 aliphatic carbocycles. The molecule has 1 saturated heterocycles. The minimum Gasteiger partial charge on any atom is -0.478 e. The lowest BCUT2D eigenvalue weighted by atomic mass is 10.0. The summed E-state index contributed by atoms with van der Waals surface area (Å²) in [5, 5.41) is 18.8. The molecule has 0 radical (unpaired) electrons. The topological polar surface area (TPSA) is 60.8 Å². The van der Waals surface area contributed by atoms with E-state index in [1.165, 1.54) is 0 Å². The molecule has 1 aromatic rings. The predicted molar refractivity (Wildman–Crippen MR) is 65.6 cm³/mol. The Morgan fingerprint density at radius 3 is 2.88 bits per heavy atom. The number of nitrogens with zero attached hydrogens (tertiary/aromatic N) is 1. The van der Waals surface area contributed by atoms with Crippen LogP contribution in [0.2, 0.25) is 0 Å². The van der Waals surface area contributed by atoms with Crippen LogP contribution in [-0.4, -0.2) is 35.4 Å². The Bertz CT molecular complexity index is 431. The van der Waals surface area contributed by atoms with Gasteiger partial charge in [-0.05, 0) is 31.9 Å². The van der Waals surface area contributed by atoms with Gasteiger partial charge >= 0.3 is 5.97 Å². The van der Waals surface area contributed by atoms with Gasteiger partial charge in [0.05, 0.1) is 17.4 Å². The molecule has 2 N–H and O–H groups in total. The van der Waals surface area contributed by atoms with Crippen LogP contribution in [0.4, 0.5) is 5.69 Å². The number of piperidine rings is 1. The molecule has 1 unspecified atom stereocenters. The Balaban J connectivity index is 2.33. The molecule has 17 heavy (non-hydrogen) atoms. The number of carboxylic acids is 1. The quantitative estimate of drug-likeness (QED) is 0.818. The molecule has 0 bridgehead atoms. The zero-order valence-electron chi connectivity index (χ0n) is 9.89. The second-order valence-corrected chi connectivity index (χ2v) is 4.57. The van der Waals surface area contributed by atoms with Crippen molar-refractivity contribution in [3.63, 3.8) is 0 Å². The Labute approximate surface area is 100 Å². The van der Waals surface area contributed by atoms with Gasteiger partial charge < -0.3 is 15.1 Å². The lowest BCUT2D eigenvalue weighted by Gasteiger charge is -2.32. The number of carbonyl (C=O) groups is 1. The van der Waals surface area contributed by atoms with Crippen LogP contribution in [-0.2, 0) is 0 Å². The van der Waals surface area contributed by atoms with Crippen LogP contribution in [0.5, 0.6) is 0 Å². The van der Waals surface area contributed by atoms with Crippen molar-refractivity contribution in [1.29, 1.82) is 0 Å². The molecule has 2 rings (SSSR count). The maximum atomic E-state index is 11.2. The summed E-state index contributed by atoms with van der Waals surface area (Å²) < 4.78 is 0. The van der Waals surface area contributed by atoms with Gasteiger partial charge in [0.2, 0.25) is 0 Å². The summed E-state index contributed by atoms with van der Waals surface area (Å²) in [7, 11) is 0. The first kappa shape index (κ1) is 11.9. The van der Waals surface area contributed by atoms with E-state index in [4.69, 9.17) is 0 Å². The number of aliphatic hydroxyl groups is 1. The van der Waals surface area contributed by atoms with Crippen molar-refractivity contribution < 1.29 is 15.0 Å². The van der Waals surface area contributed by atoms with Crippen LogP contribution in [0, 0.1) is 6.92 Å². The highest BCUT2D eigenvalue weighted by Crippen LogP contribution is 2.25. The lowest BCUT2D eigenvalue weighted by molar-refractivity contribution is 0.0696. The first-order chi connectivity index (χ1) is 8.08. The molecule has 1 aliphatic heterocycles. The van der Waals surface area contributed by atoms with E-state index >= 15 is 0 Å². The molecular formula is C13H17NO3. The molecule has 1 aromatic carbocycles. The highest BCUT2D eigenvalue weighted by molar-refractivity contribution is 5.94. The molecule has 0 aromatic heterocycles. The van der Waals surface area contributed by atoms with E-state index in [9.17, 15) is 15.0 Å². The number of anilines is 1. The molecule has 0 amide bonds. The van der Waals surface area contributed by atoms with Crippen molar-refractivity contribution in [1.82, 2.24) is 0 Å². The van der Waals surface area contributed by atoms with Gasteiger partial charge in [-0.2, -0.15) is 0 Å². The molecular weight excluding hydrogens is 218 g/mol. The minimum absolute atomic E-state index is 0.319. The average Bonchev–Trinajstić information content (AvgIpc) is 2.28. The van der Waals surface area contributed by atoms with Crippen LogP contribution >= 0.6 is 0 Å². The number of benzene rings is 1. The monoisotopic (exact) mass is 235 g/mol. The van der Waals surface area contributed by atoms with Crippen molar-refractivity contribution in [3.05, 3.63) is 29.3 Å². The summed E-state index contributed by atoms with van der Waals surface area (Å²) in [5.74, 6) is -0.913. The number of hydrogen-bond donors (Lipinski definition) is 2. The van der Waals surface area contributed by atoms with Gasteiger partial charge in [0.25, 0.3) is 0 Å². The van der Waals surface area contributed by atoms with E-state index in [1.807, 2.05) is 24.0 Å². The van der Waals surface area contributed by atoms with E-state index in [0.29, 0.717) is 17.8 Å². The van der Waals surface area contributed by atoms with Crippen molar-refractivity contribution >= 4 is 11.7 Å². The standard InChI is InChI=1S/C13H17NO3/c1-9-4-5-12(11(7-9)13(16)17)14-6-2-3-10(15)8-14/h4-5,7,10,15H,2-3,6,8H2,1H3,(H,16,17). The number of hydrogen-bond acceptors (Lipinski definition) is 3. The van der Waals surface area contributed by atoms with Gasteiger partial charge in [0.15, 0.2) is 0 Å². The van der Waals surface area contributed by atoms with Crippen LogP contribution in [0.15, 0.2) is 18.2 Å². The highest BCUT2D eigenvalue weighted by atomic mass is 16.4. The third-order valence-electron chi connectivity index (χ3n) is 3.12. The number of aromatic carboxylic acids is 1. The molecule has 1 aliphatic rings.